The van der Waals surface area contributed by atoms with E-state index in [0.29, 0.717) is 0 Å². The van der Waals surface area contributed by atoms with Gasteiger partial charge >= 0.3 is 0 Å². The van der Waals surface area contributed by atoms with Gasteiger partial charge in [-0.3, -0.25) is 9.98 Å². The van der Waals surface area contributed by atoms with E-state index in [4.69, 9.17) is 11.6 Å². The van der Waals surface area contributed by atoms with Crippen molar-refractivity contribution in [1.29, 1.82) is 0 Å². The van der Waals surface area contributed by atoms with Gasteiger partial charge in [0.05, 0.1) is 5.70 Å². The third-order valence-electron chi connectivity index (χ3n) is 3.44. The van der Waals surface area contributed by atoms with Gasteiger partial charge in [0.15, 0.2) is 0 Å². The summed E-state index contributed by atoms with van der Waals surface area (Å²) in [5, 5.41) is 0. The Hall–Kier alpha value is -1.35. The fourth-order valence-corrected chi connectivity index (χ4v) is 2.39. The summed E-state index contributed by atoms with van der Waals surface area (Å²) in [5.41, 5.74) is 2.90. The van der Waals surface area contributed by atoms with Crippen molar-refractivity contribution in [3.05, 3.63) is 35.6 Å². The summed E-state index contributed by atoms with van der Waals surface area (Å²) in [7, 11) is 0. The van der Waals surface area contributed by atoms with Crippen LogP contribution in [0.5, 0.6) is 0 Å². The largest absolute Gasteiger partial charge is 0.357 e. The number of nitrogens with zero attached hydrogens (tertiary/aromatic N) is 3. The van der Waals surface area contributed by atoms with Crippen molar-refractivity contribution >= 4 is 24.2 Å². The first-order valence-corrected chi connectivity index (χ1v) is 7.51. The van der Waals surface area contributed by atoms with Crippen LogP contribution in [-0.2, 0) is 0 Å². The Morgan fingerprint density at radius 2 is 1.90 bits per heavy atom. The molecule has 4 heteroatoms. The minimum atomic E-state index is 0.262. The van der Waals surface area contributed by atoms with Crippen LogP contribution in [-0.4, -0.2) is 36.5 Å². The molecule has 20 heavy (non-hydrogen) atoms. The van der Waals surface area contributed by atoms with E-state index < -0.39 is 0 Å². The SMILES string of the molecule is C=C/C(C)=C\C(N=C)=C(/C)C(=NCCl)N1CCCCC1. The molecule has 0 aromatic heterocycles. The number of halogens is 1. The number of piperidine rings is 1. The molecule has 0 spiro atoms. The van der Waals surface area contributed by atoms with Gasteiger partial charge in [-0.1, -0.05) is 12.7 Å². The number of aliphatic imine (C=N–C) groups is 2. The molecular weight excluding hydrogens is 270 g/mol. The number of hydrogen-bond acceptors (Lipinski definition) is 2. The summed E-state index contributed by atoms with van der Waals surface area (Å²) in [6.45, 7) is 13.5. The summed E-state index contributed by atoms with van der Waals surface area (Å²) in [4.78, 5) is 10.9. The first-order chi connectivity index (χ1) is 9.63. The first-order valence-electron chi connectivity index (χ1n) is 6.98. The minimum Gasteiger partial charge on any atom is -0.357 e. The normalized spacial score (nSPS) is 18.6. The van der Waals surface area contributed by atoms with Crippen molar-refractivity contribution < 1.29 is 0 Å². The van der Waals surface area contributed by atoms with Crippen molar-refractivity contribution in [2.45, 2.75) is 33.1 Å². The van der Waals surface area contributed by atoms with Crippen LogP contribution in [0.1, 0.15) is 33.1 Å². The molecule has 1 aliphatic heterocycles. The molecule has 1 aliphatic rings. The molecule has 1 saturated heterocycles. The number of alkyl halides is 1. The van der Waals surface area contributed by atoms with Gasteiger partial charge in [-0.2, -0.15) is 0 Å². The topological polar surface area (TPSA) is 28.0 Å². The molecule has 1 rings (SSSR count). The highest BCUT2D eigenvalue weighted by atomic mass is 35.5. The second-order valence-corrected chi connectivity index (χ2v) is 5.15. The standard InChI is InChI=1S/C16H24ClN3/c1-5-13(2)11-15(18-4)14(3)16(19-12-17)20-9-7-6-8-10-20/h5,11H,1,4,6-10,12H2,2-3H3/b13-11-,15-14-,19-16?. The van der Waals surface area contributed by atoms with E-state index >= 15 is 0 Å². The van der Waals surface area contributed by atoms with Gasteiger partial charge in [-0.25, -0.2) is 0 Å². The maximum Gasteiger partial charge on any atom is 0.129 e. The highest BCUT2D eigenvalue weighted by Crippen LogP contribution is 2.18. The van der Waals surface area contributed by atoms with E-state index in [1.54, 1.807) is 6.08 Å². The lowest BCUT2D eigenvalue weighted by atomic mass is 10.1. The predicted octanol–water partition coefficient (Wildman–Crippen LogP) is 4.17. The fourth-order valence-electron chi connectivity index (χ4n) is 2.28. The maximum absolute atomic E-state index is 5.83. The second-order valence-electron chi connectivity index (χ2n) is 4.91. The van der Waals surface area contributed by atoms with E-state index in [9.17, 15) is 0 Å². The number of allylic oxidation sites excluding steroid dienone is 3. The van der Waals surface area contributed by atoms with Gasteiger partial charge in [-0.05, 0) is 51.5 Å². The molecule has 3 nitrogen and oxygen atoms in total. The molecule has 0 aromatic rings. The summed E-state index contributed by atoms with van der Waals surface area (Å²) < 4.78 is 0. The van der Waals surface area contributed by atoms with Gasteiger partial charge in [0.1, 0.15) is 11.8 Å². The zero-order valence-electron chi connectivity index (χ0n) is 12.5. The number of likely N-dealkylation sites (tertiary alicyclic amines) is 1. The Morgan fingerprint density at radius 3 is 2.40 bits per heavy atom. The summed E-state index contributed by atoms with van der Waals surface area (Å²) in [6.07, 6.45) is 7.47. The zero-order chi connectivity index (χ0) is 15.0. The highest BCUT2D eigenvalue weighted by Gasteiger charge is 2.17. The third-order valence-corrected chi connectivity index (χ3v) is 3.56. The van der Waals surface area contributed by atoms with Gasteiger partial charge < -0.3 is 4.90 Å². The molecule has 0 atom stereocenters. The lowest BCUT2D eigenvalue weighted by molar-refractivity contribution is 0.341. The molecule has 0 saturated carbocycles. The predicted molar refractivity (Wildman–Crippen MR) is 89.8 cm³/mol. The van der Waals surface area contributed by atoms with Crippen LogP contribution in [0.15, 0.2) is 45.6 Å². The molecule has 0 aliphatic carbocycles. The van der Waals surface area contributed by atoms with Crippen LogP contribution in [0.3, 0.4) is 0 Å². The molecule has 0 amide bonds. The molecule has 0 bridgehead atoms. The Morgan fingerprint density at radius 1 is 1.25 bits per heavy atom. The summed E-state index contributed by atoms with van der Waals surface area (Å²) in [5.74, 6) is 0.940. The first kappa shape index (κ1) is 16.7. The summed E-state index contributed by atoms with van der Waals surface area (Å²) in [6, 6.07) is 0.262. The molecular formula is C16H24ClN3. The molecule has 110 valence electrons. The van der Waals surface area contributed by atoms with Crippen molar-refractivity contribution in [1.82, 2.24) is 4.90 Å². The molecule has 0 radical (unpaired) electrons. The van der Waals surface area contributed by atoms with E-state index in [1.807, 2.05) is 19.9 Å². The lowest BCUT2D eigenvalue weighted by Gasteiger charge is -2.30. The van der Waals surface area contributed by atoms with Crippen LogP contribution in [0, 0.1) is 0 Å². The fraction of sp³-hybridized carbons (Fsp3) is 0.500. The van der Waals surface area contributed by atoms with Crippen LogP contribution >= 0.6 is 11.6 Å². The molecule has 0 aromatic carbocycles. The second kappa shape index (κ2) is 8.75. The molecule has 0 N–H and O–H groups in total. The van der Waals surface area contributed by atoms with E-state index in [-0.39, 0.29) is 6.00 Å². The maximum atomic E-state index is 5.83. The zero-order valence-corrected chi connectivity index (χ0v) is 13.3. The molecule has 1 heterocycles. The van der Waals surface area contributed by atoms with Crippen LogP contribution < -0.4 is 0 Å². The third kappa shape index (κ3) is 4.64. The Bertz CT molecular complexity index is 441. The van der Waals surface area contributed by atoms with E-state index in [1.165, 1.54) is 19.3 Å². The highest BCUT2D eigenvalue weighted by molar-refractivity contribution is 6.18. The smallest absolute Gasteiger partial charge is 0.129 e. The average Bonchev–Trinajstić information content (AvgIpc) is 2.50. The molecule has 0 unspecified atom stereocenters. The van der Waals surface area contributed by atoms with Gasteiger partial charge in [0.2, 0.25) is 0 Å². The van der Waals surface area contributed by atoms with Gasteiger partial charge in [-0.15, -0.1) is 11.6 Å². The lowest BCUT2D eigenvalue weighted by Crippen LogP contribution is -2.36. The van der Waals surface area contributed by atoms with E-state index in [2.05, 4.69) is 28.2 Å². The Balaban J connectivity index is 3.13. The van der Waals surface area contributed by atoms with Crippen molar-refractivity contribution in [2.75, 3.05) is 19.1 Å². The summed E-state index contributed by atoms with van der Waals surface area (Å²) >= 11 is 5.83. The molecule has 1 fully saturated rings. The van der Waals surface area contributed by atoms with Crippen molar-refractivity contribution in [2.24, 2.45) is 9.98 Å². The van der Waals surface area contributed by atoms with Crippen molar-refractivity contribution in [3.63, 3.8) is 0 Å². The van der Waals surface area contributed by atoms with Crippen LogP contribution in [0.2, 0.25) is 0 Å². The van der Waals surface area contributed by atoms with Crippen LogP contribution in [0.25, 0.3) is 0 Å². The van der Waals surface area contributed by atoms with E-state index in [0.717, 1.165) is 35.8 Å². The van der Waals surface area contributed by atoms with Crippen LogP contribution in [0.4, 0.5) is 0 Å². The quantitative estimate of drug-likeness (QED) is 0.246. The van der Waals surface area contributed by atoms with Gasteiger partial charge in [0.25, 0.3) is 0 Å². The average molecular weight is 294 g/mol. The number of rotatable bonds is 5. The monoisotopic (exact) mass is 293 g/mol. The Labute approximate surface area is 127 Å². The number of amidine groups is 1. The van der Waals surface area contributed by atoms with Crippen molar-refractivity contribution in [3.8, 4) is 0 Å². The van der Waals surface area contributed by atoms with Gasteiger partial charge in [0, 0.05) is 18.7 Å². The number of hydrogen-bond donors (Lipinski definition) is 0. The Kier molecular flexibility index (Phi) is 7.31. The minimum absolute atomic E-state index is 0.262.